The van der Waals surface area contributed by atoms with Crippen molar-refractivity contribution >= 4 is 45.9 Å². The zero-order valence-electron chi connectivity index (χ0n) is 49.6. The highest BCUT2D eigenvalue weighted by molar-refractivity contribution is 9.06. The maximum Gasteiger partial charge on any atom is 0.314 e. The second kappa shape index (κ2) is 24.1. The lowest BCUT2D eigenvalue weighted by Crippen LogP contribution is -2.38. The van der Waals surface area contributed by atoms with Gasteiger partial charge in [-0.2, -0.15) is 0 Å². The van der Waals surface area contributed by atoms with E-state index in [2.05, 4.69) is 73.0 Å². The summed E-state index contributed by atoms with van der Waals surface area (Å²) < 4.78 is 73.5. The van der Waals surface area contributed by atoms with Crippen molar-refractivity contribution in [2.24, 2.45) is 0 Å². The molecule has 7 aromatic rings. The Kier molecular flexibility index (Phi) is 17.3. The first kappa shape index (κ1) is 62.0. The minimum absolute atomic E-state index is 0.0644. The summed E-state index contributed by atoms with van der Waals surface area (Å²) in [6.45, 7) is 14.0. The Morgan fingerprint density at radius 1 is 0.605 bits per heavy atom. The van der Waals surface area contributed by atoms with Gasteiger partial charge in [0.1, 0.15) is 34.8 Å². The average Bonchev–Trinajstić information content (AvgIpc) is 1.67. The van der Waals surface area contributed by atoms with E-state index in [9.17, 15) is 41.5 Å². The largest absolute Gasteiger partial charge is 0.497 e. The van der Waals surface area contributed by atoms with Gasteiger partial charge in [-0.1, -0.05) is 60.7 Å². The molecule has 11 rings (SSSR count). The predicted octanol–water partition coefficient (Wildman–Crippen LogP) is 11.1. The summed E-state index contributed by atoms with van der Waals surface area (Å²) in [5.41, 5.74) is 4.06. The number of nitrogens with one attached hydrogen (secondary N) is 1. The number of hydrogen-bond donors (Lipinski definition) is 1. The fraction of sp³-hybridized carbons (Fsp3) is 0.338. The molecule has 0 spiro atoms. The topological polar surface area (TPSA) is 186 Å². The Bertz CT molecular complexity index is 3810. The maximum absolute atomic E-state index is 14.9. The van der Waals surface area contributed by atoms with Crippen molar-refractivity contribution in [3.63, 3.8) is 0 Å². The second-order valence-electron chi connectivity index (χ2n) is 23.5. The summed E-state index contributed by atoms with van der Waals surface area (Å²) in [4.78, 5) is 85.2. The number of nitrogens with zero attached hydrogens (tertiary/aromatic N) is 7. The highest BCUT2D eigenvalue weighted by Crippen LogP contribution is 2.45. The molecule has 4 aliphatic rings. The first-order chi connectivity index (χ1) is 40.6. The van der Waals surface area contributed by atoms with E-state index in [1.807, 2.05) is 82.5 Å². The van der Waals surface area contributed by atoms with Crippen LogP contribution in [0.3, 0.4) is 0 Å². The van der Waals surface area contributed by atoms with Crippen molar-refractivity contribution in [3.05, 3.63) is 188 Å². The highest BCUT2D eigenvalue weighted by Gasteiger charge is 2.53. The first-order valence-electron chi connectivity index (χ1n) is 27.7. The molecule has 21 heteroatoms. The number of benzene rings is 5. The third kappa shape index (κ3) is 11.9. The molecule has 448 valence electrons. The van der Waals surface area contributed by atoms with Gasteiger partial charge in [0.25, 0.3) is 11.8 Å². The summed E-state index contributed by atoms with van der Waals surface area (Å²) >= 11 is 2.46. The molecular formula is C65H65BrF4N8O8. The van der Waals surface area contributed by atoms with Crippen molar-refractivity contribution in [2.75, 3.05) is 28.3 Å². The van der Waals surface area contributed by atoms with Crippen molar-refractivity contribution < 1.29 is 54.8 Å². The molecule has 2 aromatic heterocycles. The first-order valence-corrected chi connectivity index (χ1v) is 28.3. The van der Waals surface area contributed by atoms with Crippen LogP contribution in [0.1, 0.15) is 133 Å². The number of fused-ring (bicyclic) bond motifs is 2. The van der Waals surface area contributed by atoms with Gasteiger partial charge in [-0.3, -0.25) is 24.0 Å². The van der Waals surface area contributed by atoms with E-state index in [0.717, 1.165) is 52.1 Å². The number of likely N-dealkylation sites (tertiary alicyclic amines) is 2. The normalized spacial score (nSPS) is 18.9. The Labute approximate surface area is 504 Å². The smallest absolute Gasteiger partial charge is 0.314 e. The van der Waals surface area contributed by atoms with Gasteiger partial charge in [-0.15, -0.1) is 0 Å². The van der Waals surface area contributed by atoms with Gasteiger partial charge in [0.05, 0.1) is 89.7 Å². The molecule has 2 unspecified atom stereocenters. The number of aromatic nitrogens is 4. The number of rotatable bonds is 12. The molecule has 6 heterocycles. The number of carbonyl (C=O) groups excluding carboxylic acids is 5. The second-order valence-corrected chi connectivity index (χ2v) is 23.9. The number of hydrogen-bond acceptors (Lipinski definition) is 12. The Morgan fingerprint density at radius 2 is 1.05 bits per heavy atom. The minimum Gasteiger partial charge on any atom is -0.497 e. The van der Waals surface area contributed by atoms with Crippen LogP contribution in [-0.2, 0) is 61.5 Å². The molecule has 2 atom stereocenters. The van der Waals surface area contributed by atoms with Crippen LogP contribution in [0.15, 0.2) is 103 Å². The molecule has 86 heavy (non-hydrogen) atoms. The Hall–Kier alpha value is -8.59. The SMILES string of the molecule is CC(=O)OBr.CN1C(=O)C(C)(c2ccc(Cc3nc(-c4c(F)cccc4F)nc4c3C(=O)NC4)cc2)CC1(C)C.COc1ccc(CN2Cc3nc(-c4c(F)cccc4F)nc(Cc4ccc(C5(C)CC(C)(C)N(C)C5=O)cc4)c3C2=O)c(OC)c1. The van der Waals surface area contributed by atoms with E-state index >= 15 is 0 Å². The molecule has 1 N–H and O–H groups in total. The van der Waals surface area contributed by atoms with E-state index < -0.39 is 34.1 Å². The fourth-order valence-corrected chi connectivity index (χ4v) is 12.0. The van der Waals surface area contributed by atoms with Crippen LogP contribution in [0.4, 0.5) is 17.6 Å². The molecule has 0 aliphatic carbocycles. The number of amides is 4. The maximum atomic E-state index is 14.9. The zero-order chi connectivity index (χ0) is 62.4. The van der Waals surface area contributed by atoms with Gasteiger partial charge in [0.15, 0.2) is 27.9 Å². The standard InChI is InChI=1S/C36H36F2N4O4.C27H26F2N4O2.C2H3BrO2/c1-35(2)20-36(3,34(44)41(35)4)23-13-10-21(11-14-23)16-27-31-28(40-32(39-27)30-25(37)8-7-9-26(30)38)19-42(33(31)43)18-22-12-15-24(45-5)17-29(22)46-6;1-26(2)14-27(3,25(35)33(26)4)16-10-8-15(9-11-16)12-19-22-20(13-30-24(22)34)32-23(31-19)21-17(28)6-5-7-18(21)29;1-2(4)5-3/h7-15,17H,16,18-20H2,1-6H3;5-11H,12-14H2,1-4H3,(H,30,34);1H3. The summed E-state index contributed by atoms with van der Waals surface area (Å²) in [7, 11) is 6.77. The molecule has 0 saturated carbocycles. The van der Waals surface area contributed by atoms with Crippen LogP contribution in [0.25, 0.3) is 22.8 Å². The van der Waals surface area contributed by atoms with E-state index in [1.54, 1.807) is 41.1 Å². The van der Waals surface area contributed by atoms with Crippen molar-refractivity contribution in [2.45, 2.75) is 116 Å². The van der Waals surface area contributed by atoms with E-state index in [0.29, 0.717) is 58.2 Å². The Morgan fingerprint density at radius 3 is 1.45 bits per heavy atom. The molecule has 0 bridgehead atoms. The summed E-state index contributed by atoms with van der Waals surface area (Å²) in [6.07, 6.45) is 1.87. The third-order valence-corrected chi connectivity index (χ3v) is 17.3. The van der Waals surface area contributed by atoms with Gasteiger partial charge in [0, 0.05) is 56.6 Å². The van der Waals surface area contributed by atoms with Crippen LogP contribution >= 0.6 is 16.3 Å². The van der Waals surface area contributed by atoms with Crippen molar-refractivity contribution in [1.82, 2.24) is 40.0 Å². The van der Waals surface area contributed by atoms with Gasteiger partial charge < -0.3 is 33.3 Å². The molecule has 2 fully saturated rings. The quantitative estimate of drug-likeness (QED) is 0.114. The van der Waals surface area contributed by atoms with Gasteiger partial charge in [-0.25, -0.2) is 37.5 Å². The number of carbonyl (C=O) groups is 5. The van der Waals surface area contributed by atoms with Crippen LogP contribution in [0, 0.1) is 23.3 Å². The van der Waals surface area contributed by atoms with E-state index in [4.69, 9.17) is 9.47 Å². The summed E-state index contributed by atoms with van der Waals surface area (Å²) in [6, 6.07) is 27.9. The van der Waals surface area contributed by atoms with Gasteiger partial charge in [-0.05, 0) is 113 Å². The van der Waals surface area contributed by atoms with Crippen LogP contribution < -0.4 is 14.8 Å². The van der Waals surface area contributed by atoms with Gasteiger partial charge in [0.2, 0.25) is 11.8 Å². The summed E-state index contributed by atoms with van der Waals surface area (Å²) in [5, 5.41) is 2.72. The van der Waals surface area contributed by atoms with Crippen molar-refractivity contribution in [1.29, 1.82) is 0 Å². The van der Waals surface area contributed by atoms with Gasteiger partial charge >= 0.3 is 5.97 Å². The lowest BCUT2D eigenvalue weighted by molar-refractivity contribution is -0.133. The molecule has 5 aromatic carbocycles. The molecule has 4 amide bonds. The third-order valence-electron chi connectivity index (χ3n) is 16.8. The molecule has 2 saturated heterocycles. The Balaban J connectivity index is 0.000000196. The predicted molar refractivity (Wildman–Crippen MR) is 316 cm³/mol. The van der Waals surface area contributed by atoms with Crippen LogP contribution in [0.5, 0.6) is 11.5 Å². The lowest BCUT2D eigenvalue weighted by atomic mass is 9.77. The number of methoxy groups -OCH3 is 2. The average molecular weight is 1240 g/mol. The summed E-state index contributed by atoms with van der Waals surface area (Å²) in [5.74, 6) is -2.90. The molecule has 4 aliphatic heterocycles. The van der Waals surface area contributed by atoms with E-state index in [-0.39, 0.29) is 95.9 Å². The van der Waals surface area contributed by atoms with Crippen molar-refractivity contribution in [3.8, 4) is 34.3 Å². The van der Waals surface area contributed by atoms with Crippen LogP contribution in [-0.4, -0.2) is 104 Å². The monoisotopic (exact) mass is 1240 g/mol. The minimum atomic E-state index is -0.790. The lowest BCUT2D eigenvalue weighted by Gasteiger charge is -2.27. The van der Waals surface area contributed by atoms with E-state index in [1.165, 1.54) is 19.1 Å². The molecular weight excluding hydrogens is 1180 g/mol. The number of ether oxygens (including phenoxy) is 2. The molecule has 16 nitrogen and oxygen atoms in total. The molecule has 0 radical (unpaired) electrons. The fourth-order valence-electron chi connectivity index (χ4n) is 12.0. The highest BCUT2D eigenvalue weighted by atomic mass is 79.9. The number of likely N-dealkylation sites (N-methyl/N-ethyl adjacent to an activating group) is 2. The number of halogens is 5. The zero-order valence-corrected chi connectivity index (χ0v) is 51.1. The van der Waals surface area contributed by atoms with Crippen LogP contribution in [0.2, 0.25) is 0 Å².